The van der Waals surface area contributed by atoms with Crippen molar-refractivity contribution in [2.75, 3.05) is 39.5 Å². The Kier molecular flexibility index (Phi) is 6.26. The highest BCUT2D eigenvalue weighted by atomic mass is 35.5. The summed E-state index contributed by atoms with van der Waals surface area (Å²) >= 11 is 6.93. The first kappa shape index (κ1) is 17.4. The number of carbonyl (C=O) groups is 1. The molecule has 1 aromatic heterocycles. The molecule has 1 fully saturated rings. The predicted molar refractivity (Wildman–Crippen MR) is 96.5 cm³/mol. The van der Waals surface area contributed by atoms with Crippen LogP contribution in [0.15, 0.2) is 36.4 Å². The Labute approximate surface area is 150 Å². The van der Waals surface area contributed by atoms with Crippen molar-refractivity contribution in [2.24, 2.45) is 0 Å². The van der Waals surface area contributed by atoms with E-state index in [1.54, 1.807) is 6.07 Å². The van der Waals surface area contributed by atoms with Gasteiger partial charge < -0.3 is 9.47 Å². The molecule has 4 nitrogen and oxygen atoms in total. The monoisotopic (exact) mass is 365 g/mol. The molecule has 0 amide bonds. The third-order valence-corrected chi connectivity index (χ3v) is 5.34. The molecule has 2 aromatic rings. The van der Waals surface area contributed by atoms with Crippen LogP contribution in [0.1, 0.15) is 20.1 Å². The van der Waals surface area contributed by atoms with E-state index in [1.165, 1.54) is 16.9 Å². The number of nitrogens with zero attached hydrogens (tertiary/aromatic N) is 1. The molecule has 2 heterocycles. The minimum atomic E-state index is -0.393. The van der Waals surface area contributed by atoms with Gasteiger partial charge in [-0.3, -0.25) is 9.69 Å². The second-order valence-corrected chi connectivity index (χ2v) is 7.17. The van der Waals surface area contributed by atoms with E-state index in [1.807, 2.05) is 18.2 Å². The molecular weight excluding hydrogens is 346 g/mol. The third-order valence-electron chi connectivity index (χ3n) is 3.94. The maximum atomic E-state index is 11.1. The number of halogens is 1. The smallest absolute Gasteiger partial charge is 0.262 e. The maximum Gasteiger partial charge on any atom is 0.262 e. The lowest BCUT2D eigenvalue weighted by atomic mass is 10.1. The second kappa shape index (κ2) is 8.62. The Hall–Kier alpha value is -1.40. The third kappa shape index (κ3) is 5.05. The molecule has 128 valence electrons. The first-order chi connectivity index (χ1) is 11.7. The number of benzene rings is 1. The zero-order valence-corrected chi connectivity index (χ0v) is 14.9. The number of hydrogen-bond acceptors (Lipinski definition) is 5. The van der Waals surface area contributed by atoms with E-state index >= 15 is 0 Å². The van der Waals surface area contributed by atoms with Crippen molar-refractivity contribution in [3.05, 3.63) is 51.7 Å². The molecular formula is C18H20ClNO3S. The van der Waals surface area contributed by atoms with E-state index in [9.17, 15) is 4.79 Å². The lowest BCUT2D eigenvalue weighted by Gasteiger charge is -2.26. The van der Waals surface area contributed by atoms with Crippen molar-refractivity contribution in [3.63, 3.8) is 0 Å². The Morgan fingerprint density at radius 3 is 2.58 bits per heavy atom. The van der Waals surface area contributed by atoms with Gasteiger partial charge in [0.2, 0.25) is 0 Å². The van der Waals surface area contributed by atoms with Crippen LogP contribution in [0.4, 0.5) is 0 Å². The molecule has 3 rings (SSSR count). The predicted octanol–water partition coefficient (Wildman–Crippen LogP) is 3.43. The topological polar surface area (TPSA) is 38.8 Å². The number of thiophene rings is 1. The van der Waals surface area contributed by atoms with Gasteiger partial charge in [0.15, 0.2) is 0 Å². The molecule has 0 N–H and O–H groups in total. The number of rotatable bonds is 7. The molecule has 0 spiro atoms. The second-order valence-electron chi connectivity index (χ2n) is 5.66. The fraction of sp³-hybridized carbons (Fsp3) is 0.389. The molecule has 0 saturated carbocycles. The fourth-order valence-electron chi connectivity index (χ4n) is 2.60. The van der Waals surface area contributed by atoms with Crippen molar-refractivity contribution in [1.29, 1.82) is 0 Å². The standard InChI is InChI=1S/C18H20ClNO3S/c19-18(21)17-6-5-16(24-17)13-14-1-3-15(4-2-14)23-12-9-20-7-10-22-11-8-20/h1-6H,7-13H2. The first-order valence-corrected chi connectivity index (χ1v) is 9.20. The summed E-state index contributed by atoms with van der Waals surface area (Å²) in [6.45, 7) is 5.20. The van der Waals surface area contributed by atoms with E-state index in [2.05, 4.69) is 17.0 Å². The number of morpholine rings is 1. The maximum absolute atomic E-state index is 11.1. The van der Waals surface area contributed by atoms with Gasteiger partial charge in [0.05, 0.1) is 18.1 Å². The van der Waals surface area contributed by atoms with Crippen LogP contribution in [0, 0.1) is 0 Å². The summed E-state index contributed by atoms with van der Waals surface area (Å²) in [6.07, 6.45) is 0.795. The zero-order chi connectivity index (χ0) is 16.8. The van der Waals surface area contributed by atoms with Crippen LogP contribution in [0.5, 0.6) is 5.75 Å². The van der Waals surface area contributed by atoms with Gasteiger partial charge >= 0.3 is 0 Å². The number of hydrogen-bond donors (Lipinski definition) is 0. The van der Waals surface area contributed by atoms with Crippen molar-refractivity contribution < 1.29 is 14.3 Å². The molecule has 0 aliphatic carbocycles. The zero-order valence-electron chi connectivity index (χ0n) is 13.4. The molecule has 0 unspecified atom stereocenters. The van der Waals surface area contributed by atoms with Gasteiger partial charge in [-0.1, -0.05) is 12.1 Å². The highest BCUT2D eigenvalue weighted by Gasteiger charge is 2.10. The van der Waals surface area contributed by atoms with Crippen molar-refractivity contribution in [3.8, 4) is 5.75 Å². The summed E-state index contributed by atoms with van der Waals surface area (Å²) < 4.78 is 11.1. The van der Waals surface area contributed by atoms with Gasteiger partial charge in [0.1, 0.15) is 12.4 Å². The van der Waals surface area contributed by atoms with Crippen molar-refractivity contribution in [2.45, 2.75) is 6.42 Å². The minimum Gasteiger partial charge on any atom is -0.492 e. The molecule has 0 bridgehead atoms. The van der Waals surface area contributed by atoms with E-state index in [0.717, 1.165) is 49.9 Å². The van der Waals surface area contributed by atoms with E-state index in [0.29, 0.717) is 11.5 Å². The normalized spacial score (nSPS) is 15.4. The van der Waals surface area contributed by atoms with Gasteiger partial charge in [-0.25, -0.2) is 0 Å². The highest BCUT2D eigenvalue weighted by molar-refractivity contribution is 7.15. The Morgan fingerprint density at radius 1 is 1.17 bits per heavy atom. The highest BCUT2D eigenvalue weighted by Crippen LogP contribution is 2.22. The van der Waals surface area contributed by atoms with Crippen molar-refractivity contribution >= 4 is 28.2 Å². The Bertz CT molecular complexity index is 665. The molecule has 1 aliphatic rings. The number of ether oxygens (including phenoxy) is 2. The van der Waals surface area contributed by atoms with Crippen LogP contribution in [0.2, 0.25) is 0 Å². The van der Waals surface area contributed by atoms with E-state index in [4.69, 9.17) is 21.1 Å². The molecule has 1 aliphatic heterocycles. The van der Waals surface area contributed by atoms with Gasteiger partial charge in [-0.2, -0.15) is 0 Å². The summed E-state index contributed by atoms with van der Waals surface area (Å²) in [5.74, 6) is 0.884. The molecule has 1 aromatic carbocycles. The van der Waals surface area contributed by atoms with Crippen LogP contribution in [-0.2, 0) is 11.2 Å². The lowest BCUT2D eigenvalue weighted by Crippen LogP contribution is -2.38. The van der Waals surface area contributed by atoms with Crippen LogP contribution in [0.3, 0.4) is 0 Å². The fourth-order valence-corrected chi connectivity index (χ4v) is 3.65. The largest absolute Gasteiger partial charge is 0.492 e. The van der Waals surface area contributed by atoms with Crippen molar-refractivity contribution in [1.82, 2.24) is 4.90 Å². The van der Waals surface area contributed by atoms with Crippen LogP contribution in [0.25, 0.3) is 0 Å². The summed E-state index contributed by atoms with van der Waals surface area (Å²) in [5.41, 5.74) is 1.19. The molecule has 6 heteroatoms. The van der Waals surface area contributed by atoms with Crippen LogP contribution >= 0.6 is 22.9 Å². The quantitative estimate of drug-likeness (QED) is 0.705. The molecule has 1 saturated heterocycles. The van der Waals surface area contributed by atoms with E-state index in [-0.39, 0.29) is 0 Å². The van der Waals surface area contributed by atoms with Gasteiger partial charge in [-0.15, -0.1) is 11.3 Å². The SMILES string of the molecule is O=C(Cl)c1ccc(Cc2ccc(OCCN3CCOCC3)cc2)s1. The molecule has 24 heavy (non-hydrogen) atoms. The van der Waals surface area contributed by atoms with Gasteiger partial charge in [0, 0.05) is 30.9 Å². The Morgan fingerprint density at radius 2 is 1.92 bits per heavy atom. The Balaban J connectivity index is 1.46. The molecule has 0 atom stereocenters. The summed E-state index contributed by atoms with van der Waals surface area (Å²) in [6, 6.07) is 11.8. The first-order valence-electron chi connectivity index (χ1n) is 8.01. The van der Waals surface area contributed by atoms with Gasteiger partial charge in [0.25, 0.3) is 5.24 Å². The molecule has 0 radical (unpaired) electrons. The minimum absolute atomic E-state index is 0.393. The van der Waals surface area contributed by atoms with Gasteiger partial charge in [-0.05, 0) is 41.4 Å². The summed E-state index contributed by atoms with van der Waals surface area (Å²) in [5, 5.41) is -0.393. The summed E-state index contributed by atoms with van der Waals surface area (Å²) in [7, 11) is 0. The lowest BCUT2D eigenvalue weighted by molar-refractivity contribution is 0.0322. The average molecular weight is 366 g/mol. The average Bonchev–Trinajstić information content (AvgIpc) is 3.06. The van der Waals surface area contributed by atoms with E-state index < -0.39 is 5.24 Å². The van der Waals surface area contributed by atoms with Crippen LogP contribution in [-0.4, -0.2) is 49.6 Å². The van der Waals surface area contributed by atoms with Crippen LogP contribution < -0.4 is 4.74 Å². The summed E-state index contributed by atoms with van der Waals surface area (Å²) in [4.78, 5) is 15.2. The number of carbonyl (C=O) groups excluding carboxylic acids is 1.